The molecule has 4 rings (SSSR count). The molecule has 0 fully saturated rings. The first-order chi connectivity index (χ1) is 21.4. The Morgan fingerprint density at radius 1 is 0.867 bits per heavy atom. The average Bonchev–Trinajstić information content (AvgIpc) is 3.00. The minimum atomic E-state index is -0.696. The number of anilines is 2. The minimum absolute atomic E-state index is 0.0460. The Labute approximate surface area is 261 Å². The fourth-order valence-electron chi connectivity index (χ4n) is 4.63. The van der Waals surface area contributed by atoms with Crippen molar-refractivity contribution in [1.82, 2.24) is 4.98 Å². The molecular formula is C35H35N3O7. The Kier molecular flexibility index (Phi) is 9.98. The molecule has 10 nitrogen and oxygen atoms in total. The quantitative estimate of drug-likeness (QED) is 0.165. The van der Waals surface area contributed by atoms with Gasteiger partial charge in [0.2, 0.25) is 0 Å². The standard InChI is InChI=1S/C35H35N3O7/c1-7-38(34(42)45-35(3,4)5)30-13-9-8-12-26(30)24-14-16-27(33(41)43-6)29(20-24)37-32(40)28-19-23(25-11-10-18-36-21-25)15-17-31(28)44-22(2)39/h8-21H,7H2,1-6H3,(H,37,40). The minimum Gasteiger partial charge on any atom is -0.465 e. The van der Waals surface area contributed by atoms with E-state index in [0.717, 1.165) is 5.56 Å². The van der Waals surface area contributed by atoms with Crippen LogP contribution in [-0.4, -0.2) is 48.2 Å². The highest BCUT2D eigenvalue weighted by Gasteiger charge is 2.25. The molecule has 2 amide bonds. The molecule has 0 saturated carbocycles. The lowest BCUT2D eigenvalue weighted by atomic mass is 9.99. The lowest BCUT2D eigenvalue weighted by Gasteiger charge is -2.28. The van der Waals surface area contributed by atoms with Gasteiger partial charge in [0.05, 0.1) is 29.6 Å². The third kappa shape index (κ3) is 7.91. The maximum Gasteiger partial charge on any atom is 0.414 e. The maximum absolute atomic E-state index is 13.8. The van der Waals surface area contributed by atoms with Gasteiger partial charge in [-0.25, -0.2) is 9.59 Å². The van der Waals surface area contributed by atoms with Crippen LogP contribution in [0.5, 0.6) is 5.75 Å². The number of para-hydroxylation sites is 1. The molecule has 0 atom stereocenters. The van der Waals surface area contributed by atoms with E-state index in [0.29, 0.717) is 28.9 Å². The van der Waals surface area contributed by atoms with Crippen molar-refractivity contribution in [1.29, 1.82) is 0 Å². The van der Waals surface area contributed by atoms with Gasteiger partial charge in [-0.15, -0.1) is 0 Å². The first-order valence-corrected chi connectivity index (χ1v) is 14.3. The zero-order chi connectivity index (χ0) is 32.7. The van der Waals surface area contributed by atoms with Gasteiger partial charge in [0.25, 0.3) is 5.91 Å². The highest BCUT2D eigenvalue weighted by Crippen LogP contribution is 2.35. The summed E-state index contributed by atoms with van der Waals surface area (Å²) in [5.41, 5.74) is 2.90. The summed E-state index contributed by atoms with van der Waals surface area (Å²) in [5, 5.41) is 2.81. The summed E-state index contributed by atoms with van der Waals surface area (Å²) in [5.74, 6) is -1.85. The molecule has 0 spiro atoms. The predicted molar refractivity (Wildman–Crippen MR) is 171 cm³/mol. The number of carbonyl (C=O) groups excluding carboxylic acids is 4. The van der Waals surface area contributed by atoms with Crippen LogP contribution in [0.2, 0.25) is 0 Å². The Bertz CT molecular complexity index is 1730. The number of aromatic nitrogens is 1. The van der Waals surface area contributed by atoms with E-state index in [1.54, 1.807) is 69.6 Å². The number of rotatable bonds is 8. The molecule has 0 saturated heterocycles. The van der Waals surface area contributed by atoms with Crippen LogP contribution in [0.1, 0.15) is 55.3 Å². The predicted octanol–water partition coefficient (Wildman–Crippen LogP) is 7.14. The first-order valence-electron chi connectivity index (χ1n) is 14.3. The molecule has 10 heteroatoms. The van der Waals surface area contributed by atoms with Crippen molar-refractivity contribution in [3.05, 3.63) is 96.3 Å². The number of hydrogen-bond acceptors (Lipinski definition) is 8. The number of esters is 2. The summed E-state index contributed by atoms with van der Waals surface area (Å²) in [6.07, 6.45) is 2.77. The van der Waals surface area contributed by atoms with E-state index in [1.165, 1.54) is 31.1 Å². The van der Waals surface area contributed by atoms with E-state index in [1.807, 2.05) is 31.2 Å². The molecule has 45 heavy (non-hydrogen) atoms. The smallest absolute Gasteiger partial charge is 0.414 e. The summed E-state index contributed by atoms with van der Waals surface area (Å²) in [6.45, 7) is 8.80. The lowest BCUT2D eigenvalue weighted by molar-refractivity contribution is -0.131. The van der Waals surface area contributed by atoms with Gasteiger partial charge in [-0.1, -0.05) is 36.4 Å². The lowest BCUT2D eigenvalue weighted by Crippen LogP contribution is -2.37. The number of nitrogens with one attached hydrogen (secondary N) is 1. The number of carbonyl (C=O) groups is 4. The largest absolute Gasteiger partial charge is 0.465 e. The van der Waals surface area contributed by atoms with Gasteiger partial charge < -0.3 is 19.5 Å². The molecule has 0 radical (unpaired) electrons. The molecule has 4 aromatic rings. The summed E-state index contributed by atoms with van der Waals surface area (Å²) >= 11 is 0. The second kappa shape index (κ2) is 13.9. The number of amides is 2. The van der Waals surface area contributed by atoms with Crippen molar-refractivity contribution in [2.75, 3.05) is 23.9 Å². The number of benzene rings is 3. The fourth-order valence-corrected chi connectivity index (χ4v) is 4.63. The van der Waals surface area contributed by atoms with Crippen LogP contribution in [0, 0.1) is 0 Å². The Hall–Kier alpha value is -5.51. The van der Waals surface area contributed by atoms with Crippen LogP contribution in [0.3, 0.4) is 0 Å². The van der Waals surface area contributed by atoms with E-state index in [-0.39, 0.29) is 22.6 Å². The highest BCUT2D eigenvalue weighted by atomic mass is 16.6. The van der Waals surface area contributed by atoms with Gasteiger partial charge in [0.1, 0.15) is 11.4 Å². The maximum atomic E-state index is 13.8. The van der Waals surface area contributed by atoms with E-state index in [9.17, 15) is 19.2 Å². The van der Waals surface area contributed by atoms with Gasteiger partial charge in [-0.05, 0) is 75.2 Å². The summed E-state index contributed by atoms with van der Waals surface area (Å²) in [6, 6.07) is 20.6. The molecule has 1 N–H and O–H groups in total. The third-order valence-electron chi connectivity index (χ3n) is 6.58. The van der Waals surface area contributed by atoms with Crippen LogP contribution in [0.25, 0.3) is 22.3 Å². The molecule has 0 aliphatic carbocycles. The van der Waals surface area contributed by atoms with Crippen LogP contribution >= 0.6 is 0 Å². The SMILES string of the molecule is CCN(C(=O)OC(C)(C)C)c1ccccc1-c1ccc(C(=O)OC)c(NC(=O)c2cc(-c3cccnc3)ccc2OC(C)=O)c1. The molecular weight excluding hydrogens is 574 g/mol. The third-order valence-corrected chi connectivity index (χ3v) is 6.58. The molecule has 3 aromatic carbocycles. The van der Waals surface area contributed by atoms with Crippen molar-refractivity contribution in [2.45, 2.75) is 40.2 Å². The Morgan fingerprint density at radius 2 is 1.60 bits per heavy atom. The number of methoxy groups -OCH3 is 1. The molecule has 0 bridgehead atoms. The normalized spacial score (nSPS) is 10.9. The average molecular weight is 610 g/mol. The van der Waals surface area contributed by atoms with Crippen molar-refractivity contribution in [3.8, 4) is 28.0 Å². The van der Waals surface area contributed by atoms with Crippen LogP contribution in [0.4, 0.5) is 16.2 Å². The molecule has 0 aliphatic heterocycles. The summed E-state index contributed by atoms with van der Waals surface area (Å²) in [4.78, 5) is 57.2. The molecule has 0 unspecified atom stereocenters. The number of ether oxygens (including phenoxy) is 3. The second-order valence-corrected chi connectivity index (χ2v) is 11.0. The molecule has 1 heterocycles. The molecule has 232 valence electrons. The monoisotopic (exact) mass is 609 g/mol. The number of pyridine rings is 1. The van der Waals surface area contributed by atoms with E-state index < -0.39 is 29.5 Å². The number of nitrogens with zero attached hydrogens (tertiary/aromatic N) is 2. The van der Waals surface area contributed by atoms with Crippen molar-refractivity contribution < 1.29 is 33.4 Å². The van der Waals surface area contributed by atoms with E-state index >= 15 is 0 Å². The van der Waals surface area contributed by atoms with E-state index in [2.05, 4.69) is 10.3 Å². The highest BCUT2D eigenvalue weighted by molar-refractivity contribution is 6.11. The zero-order valence-corrected chi connectivity index (χ0v) is 26.0. The fraction of sp³-hybridized carbons (Fsp3) is 0.229. The number of hydrogen-bond donors (Lipinski definition) is 1. The van der Waals surface area contributed by atoms with Crippen molar-refractivity contribution in [3.63, 3.8) is 0 Å². The topological polar surface area (TPSA) is 124 Å². The van der Waals surface area contributed by atoms with Gasteiger partial charge in [0, 0.05) is 37.0 Å². The zero-order valence-electron chi connectivity index (χ0n) is 26.0. The van der Waals surface area contributed by atoms with Crippen LogP contribution in [-0.2, 0) is 14.3 Å². The van der Waals surface area contributed by atoms with Gasteiger partial charge in [-0.2, -0.15) is 0 Å². The van der Waals surface area contributed by atoms with E-state index in [4.69, 9.17) is 14.2 Å². The van der Waals surface area contributed by atoms with Crippen molar-refractivity contribution in [2.24, 2.45) is 0 Å². The Morgan fingerprint density at radius 3 is 2.24 bits per heavy atom. The van der Waals surface area contributed by atoms with Crippen molar-refractivity contribution >= 4 is 35.3 Å². The molecule has 0 aliphatic rings. The summed E-state index contributed by atoms with van der Waals surface area (Å²) in [7, 11) is 1.24. The Balaban J connectivity index is 1.79. The first kappa shape index (κ1) is 32.4. The second-order valence-electron chi connectivity index (χ2n) is 11.0. The van der Waals surface area contributed by atoms with Gasteiger partial charge in [-0.3, -0.25) is 19.5 Å². The molecule has 1 aromatic heterocycles. The van der Waals surface area contributed by atoms with Crippen LogP contribution < -0.4 is 15.0 Å². The van der Waals surface area contributed by atoms with Gasteiger partial charge in [0.15, 0.2) is 0 Å². The van der Waals surface area contributed by atoms with Crippen LogP contribution in [0.15, 0.2) is 85.2 Å². The summed E-state index contributed by atoms with van der Waals surface area (Å²) < 4.78 is 16.0. The van der Waals surface area contributed by atoms with Gasteiger partial charge >= 0.3 is 18.0 Å².